The van der Waals surface area contributed by atoms with Gasteiger partial charge >= 0.3 is 0 Å². The number of aromatic nitrogens is 2. The van der Waals surface area contributed by atoms with Gasteiger partial charge in [-0.25, -0.2) is 9.97 Å². The number of nitrogens with one attached hydrogen (secondary N) is 1. The number of benzene rings is 2. The van der Waals surface area contributed by atoms with E-state index in [1.54, 1.807) is 6.33 Å². The Morgan fingerprint density at radius 1 is 0.947 bits per heavy atom. The lowest BCUT2D eigenvalue weighted by Gasteiger charge is -2.08. The number of anilines is 2. The van der Waals surface area contributed by atoms with Crippen molar-refractivity contribution in [1.82, 2.24) is 9.97 Å². The van der Waals surface area contributed by atoms with Crippen molar-refractivity contribution in [3.63, 3.8) is 0 Å². The normalized spacial score (nSPS) is 9.95. The number of halogens is 2. The zero-order chi connectivity index (χ0) is 12.4. The first-order chi connectivity index (χ1) is 8.83. The highest BCUT2D eigenvalue weighted by atomic mass is 35.5. The Hall–Kier alpha value is -1.84. The molecule has 3 aromatic rings. The standard InChI is InChI=1S/C14H10ClN3.ClH/c15-10-4-3-5-11(8-10)18-14-12-6-1-2-7-13(12)16-9-17-14;/h1-9H,(H,16,17,18);1H/p-1. The highest BCUT2D eigenvalue weighted by Gasteiger charge is 2.03. The van der Waals surface area contributed by atoms with Gasteiger partial charge in [0.1, 0.15) is 12.1 Å². The maximum absolute atomic E-state index is 5.96. The minimum absolute atomic E-state index is 0. The lowest BCUT2D eigenvalue weighted by molar-refractivity contribution is -0.00000355. The van der Waals surface area contributed by atoms with Crippen molar-refractivity contribution >= 4 is 34.0 Å². The van der Waals surface area contributed by atoms with Crippen LogP contribution in [0.4, 0.5) is 11.5 Å². The fourth-order valence-corrected chi connectivity index (χ4v) is 2.00. The van der Waals surface area contributed by atoms with Crippen LogP contribution in [0.3, 0.4) is 0 Å². The maximum atomic E-state index is 5.96. The van der Waals surface area contributed by atoms with Crippen molar-refractivity contribution in [3.8, 4) is 0 Å². The Bertz CT molecular complexity index is 696. The van der Waals surface area contributed by atoms with E-state index in [2.05, 4.69) is 15.3 Å². The van der Waals surface area contributed by atoms with Crippen LogP contribution in [0.1, 0.15) is 0 Å². The molecule has 0 unspecified atom stereocenters. The van der Waals surface area contributed by atoms with E-state index in [0.717, 1.165) is 22.4 Å². The van der Waals surface area contributed by atoms with Crippen molar-refractivity contribution in [2.24, 2.45) is 0 Å². The number of nitrogens with zero attached hydrogens (tertiary/aromatic N) is 2. The third-order valence-electron chi connectivity index (χ3n) is 2.63. The first-order valence-corrected chi connectivity index (χ1v) is 5.93. The van der Waals surface area contributed by atoms with Gasteiger partial charge in [0, 0.05) is 16.1 Å². The second-order valence-electron chi connectivity index (χ2n) is 3.87. The molecule has 0 amide bonds. The van der Waals surface area contributed by atoms with Gasteiger partial charge in [-0.3, -0.25) is 0 Å². The van der Waals surface area contributed by atoms with E-state index in [4.69, 9.17) is 11.6 Å². The molecule has 0 saturated heterocycles. The van der Waals surface area contributed by atoms with Crippen LogP contribution in [-0.4, -0.2) is 9.97 Å². The molecular formula is C14H10Cl2N3-. The molecule has 0 spiro atoms. The van der Waals surface area contributed by atoms with Crippen molar-refractivity contribution < 1.29 is 12.4 Å². The number of hydrogen-bond donors (Lipinski definition) is 1. The zero-order valence-corrected chi connectivity index (χ0v) is 11.4. The highest BCUT2D eigenvalue weighted by Crippen LogP contribution is 2.23. The molecule has 0 atom stereocenters. The lowest BCUT2D eigenvalue weighted by Crippen LogP contribution is -3.00. The van der Waals surface area contributed by atoms with Crippen molar-refractivity contribution in [1.29, 1.82) is 0 Å². The third-order valence-corrected chi connectivity index (χ3v) is 2.87. The molecule has 2 aromatic carbocycles. The largest absolute Gasteiger partial charge is 1.00 e. The summed E-state index contributed by atoms with van der Waals surface area (Å²) in [5.74, 6) is 0.780. The molecule has 1 aromatic heterocycles. The number of fused-ring (bicyclic) bond motifs is 1. The quantitative estimate of drug-likeness (QED) is 0.766. The molecule has 0 fully saturated rings. The Balaban J connectivity index is 0.00000133. The number of para-hydroxylation sites is 1. The molecule has 3 rings (SSSR count). The van der Waals surface area contributed by atoms with Crippen LogP contribution in [0, 0.1) is 0 Å². The summed E-state index contributed by atoms with van der Waals surface area (Å²) in [5.41, 5.74) is 1.82. The second-order valence-corrected chi connectivity index (χ2v) is 4.31. The minimum atomic E-state index is 0. The fourth-order valence-electron chi connectivity index (χ4n) is 1.81. The average molecular weight is 291 g/mol. The predicted octanol–water partition coefficient (Wildman–Crippen LogP) is 1.03. The zero-order valence-electron chi connectivity index (χ0n) is 9.85. The van der Waals surface area contributed by atoms with Gasteiger partial charge in [0.25, 0.3) is 0 Å². The van der Waals surface area contributed by atoms with Gasteiger partial charge in [-0.2, -0.15) is 0 Å². The molecule has 0 aliphatic heterocycles. The SMILES string of the molecule is Clc1cccc(Nc2ncnc3ccccc23)c1.[Cl-]. The van der Waals surface area contributed by atoms with Gasteiger partial charge < -0.3 is 17.7 Å². The van der Waals surface area contributed by atoms with Gasteiger partial charge in [-0.1, -0.05) is 29.8 Å². The summed E-state index contributed by atoms with van der Waals surface area (Å²) in [6.07, 6.45) is 1.55. The van der Waals surface area contributed by atoms with E-state index >= 15 is 0 Å². The molecule has 5 heteroatoms. The average Bonchev–Trinajstić information content (AvgIpc) is 2.39. The van der Waals surface area contributed by atoms with Crippen LogP contribution >= 0.6 is 11.6 Å². The summed E-state index contributed by atoms with van der Waals surface area (Å²) >= 11 is 5.96. The van der Waals surface area contributed by atoms with Crippen molar-refractivity contribution in [3.05, 3.63) is 59.9 Å². The molecule has 96 valence electrons. The predicted molar refractivity (Wildman–Crippen MR) is 74.3 cm³/mol. The molecular weight excluding hydrogens is 281 g/mol. The van der Waals surface area contributed by atoms with Crippen molar-refractivity contribution in [2.45, 2.75) is 0 Å². The Labute approximate surface area is 122 Å². The van der Waals surface area contributed by atoms with Crippen LogP contribution in [0.15, 0.2) is 54.9 Å². The molecule has 0 aliphatic carbocycles. The van der Waals surface area contributed by atoms with Gasteiger partial charge in [-0.05, 0) is 30.3 Å². The molecule has 0 radical (unpaired) electrons. The molecule has 19 heavy (non-hydrogen) atoms. The van der Waals surface area contributed by atoms with E-state index < -0.39 is 0 Å². The van der Waals surface area contributed by atoms with Crippen LogP contribution in [0.25, 0.3) is 10.9 Å². The maximum Gasteiger partial charge on any atom is 0.141 e. The van der Waals surface area contributed by atoms with Crippen LogP contribution in [0.5, 0.6) is 0 Å². The summed E-state index contributed by atoms with van der Waals surface area (Å²) in [7, 11) is 0. The molecule has 0 aliphatic rings. The first kappa shape index (κ1) is 13.6. The van der Waals surface area contributed by atoms with Gasteiger partial charge in [0.2, 0.25) is 0 Å². The monoisotopic (exact) mass is 290 g/mol. The number of rotatable bonds is 2. The van der Waals surface area contributed by atoms with E-state index in [1.807, 2.05) is 48.5 Å². The topological polar surface area (TPSA) is 37.8 Å². The van der Waals surface area contributed by atoms with E-state index in [-0.39, 0.29) is 12.4 Å². The highest BCUT2D eigenvalue weighted by molar-refractivity contribution is 6.30. The van der Waals surface area contributed by atoms with E-state index in [9.17, 15) is 0 Å². The fraction of sp³-hybridized carbons (Fsp3) is 0. The third kappa shape index (κ3) is 2.95. The Morgan fingerprint density at radius 2 is 1.79 bits per heavy atom. The molecule has 0 saturated carbocycles. The minimum Gasteiger partial charge on any atom is -1.00 e. The molecule has 0 bridgehead atoms. The van der Waals surface area contributed by atoms with Crippen LogP contribution in [0.2, 0.25) is 5.02 Å². The lowest BCUT2D eigenvalue weighted by atomic mass is 10.2. The summed E-state index contributed by atoms with van der Waals surface area (Å²) in [6.45, 7) is 0. The van der Waals surface area contributed by atoms with Gasteiger partial charge in [0.15, 0.2) is 0 Å². The van der Waals surface area contributed by atoms with Gasteiger partial charge in [-0.15, -0.1) is 0 Å². The van der Waals surface area contributed by atoms with Crippen LogP contribution < -0.4 is 17.7 Å². The molecule has 1 heterocycles. The van der Waals surface area contributed by atoms with E-state index in [0.29, 0.717) is 5.02 Å². The molecule has 3 nitrogen and oxygen atoms in total. The number of hydrogen-bond acceptors (Lipinski definition) is 3. The summed E-state index contributed by atoms with van der Waals surface area (Å²) in [4.78, 5) is 8.49. The van der Waals surface area contributed by atoms with Gasteiger partial charge in [0.05, 0.1) is 5.52 Å². The van der Waals surface area contributed by atoms with Crippen LogP contribution in [-0.2, 0) is 0 Å². The summed E-state index contributed by atoms with van der Waals surface area (Å²) in [6, 6.07) is 15.4. The summed E-state index contributed by atoms with van der Waals surface area (Å²) < 4.78 is 0. The Morgan fingerprint density at radius 3 is 2.63 bits per heavy atom. The van der Waals surface area contributed by atoms with E-state index in [1.165, 1.54) is 0 Å². The Kier molecular flexibility index (Phi) is 4.20. The smallest absolute Gasteiger partial charge is 0.141 e. The summed E-state index contributed by atoms with van der Waals surface area (Å²) in [5, 5.41) is 4.93. The first-order valence-electron chi connectivity index (χ1n) is 5.55. The van der Waals surface area contributed by atoms with Crippen molar-refractivity contribution in [2.75, 3.05) is 5.32 Å². The molecule has 1 N–H and O–H groups in total. The second kappa shape index (κ2) is 5.87.